The highest BCUT2D eigenvalue weighted by molar-refractivity contribution is 7.22. The number of thiazole rings is 1. The predicted molar refractivity (Wildman–Crippen MR) is 77.4 cm³/mol. The van der Waals surface area contributed by atoms with Crippen molar-refractivity contribution in [3.63, 3.8) is 0 Å². The molecule has 7 nitrogen and oxygen atoms in total. The molecule has 1 fully saturated rings. The Morgan fingerprint density at radius 2 is 2.14 bits per heavy atom. The van der Waals surface area contributed by atoms with Gasteiger partial charge in [0.25, 0.3) is 0 Å². The molecule has 0 spiro atoms. The Hall–Kier alpha value is -2.19. The molecule has 0 bridgehead atoms. The van der Waals surface area contributed by atoms with E-state index >= 15 is 0 Å². The average molecular weight is 307 g/mol. The number of likely N-dealkylation sites (tertiary alicyclic amines) is 1. The molecule has 1 saturated heterocycles. The molecule has 0 aliphatic carbocycles. The number of aliphatic hydroxyl groups excluding tert-OH is 1. The summed E-state index contributed by atoms with van der Waals surface area (Å²) in [7, 11) is 0. The molecule has 8 heteroatoms. The zero-order valence-electron chi connectivity index (χ0n) is 10.9. The largest absolute Gasteiger partial charge is 0.480 e. The summed E-state index contributed by atoms with van der Waals surface area (Å²) in [5.41, 5.74) is 0.772. The second kappa shape index (κ2) is 5.30. The lowest BCUT2D eigenvalue weighted by Crippen LogP contribution is -2.43. The fraction of sp³-hybridized carbons (Fsp3) is 0.308. The van der Waals surface area contributed by atoms with E-state index in [2.05, 4.69) is 10.3 Å². The Morgan fingerprint density at radius 1 is 1.38 bits per heavy atom. The highest BCUT2D eigenvalue weighted by Crippen LogP contribution is 2.26. The lowest BCUT2D eigenvalue weighted by atomic mass is 10.2. The number of aliphatic carboxylic acids is 1. The topological polar surface area (TPSA) is 103 Å². The van der Waals surface area contributed by atoms with E-state index in [4.69, 9.17) is 5.11 Å². The van der Waals surface area contributed by atoms with Gasteiger partial charge in [0.1, 0.15) is 6.04 Å². The number of carboxylic acids is 1. The van der Waals surface area contributed by atoms with E-state index in [9.17, 15) is 14.7 Å². The van der Waals surface area contributed by atoms with Crippen molar-refractivity contribution in [1.82, 2.24) is 9.88 Å². The van der Waals surface area contributed by atoms with Gasteiger partial charge in [0.2, 0.25) is 0 Å². The number of carbonyl (C=O) groups excluding carboxylic acids is 1. The minimum absolute atomic E-state index is 0.00763. The number of carbonyl (C=O) groups is 2. The first-order valence-corrected chi connectivity index (χ1v) is 7.20. The summed E-state index contributed by atoms with van der Waals surface area (Å²) in [6.07, 6.45) is -0.769. The Labute approximate surface area is 123 Å². The van der Waals surface area contributed by atoms with Crippen molar-refractivity contribution in [2.75, 3.05) is 11.9 Å². The number of aromatic nitrogens is 1. The number of nitrogens with one attached hydrogen (secondary N) is 1. The smallest absolute Gasteiger partial charge is 0.326 e. The summed E-state index contributed by atoms with van der Waals surface area (Å²) in [4.78, 5) is 28.7. The number of hydrogen-bond acceptors (Lipinski definition) is 5. The second-order valence-electron chi connectivity index (χ2n) is 4.81. The number of carboxylic acid groups (broad SMARTS) is 1. The molecule has 21 heavy (non-hydrogen) atoms. The van der Waals surface area contributed by atoms with Gasteiger partial charge in [-0.3, -0.25) is 5.32 Å². The molecule has 3 N–H and O–H groups in total. The third-order valence-electron chi connectivity index (χ3n) is 3.33. The fourth-order valence-corrected chi connectivity index (χ4v) is 3.22. The molecule has 0 saturated carbocycles. The number of para-hydroxylation sites is 1. The van der Waals surface area contributed by atoms with Crippen molar-refractivity contribution < 1.29 is 19.8 Å². The van der Waals surface area contributed by atoms with Crippen molar-refractivity contribution in [2.24, 2.45) is 0 Å². The van der Waals surface area contributed by atoms with Crippen LogP contribution >= 0.6 is 11.3 Å². The third kappa shape index (κ3) is 2.67. The van der Waals surface area contributed by atoms with Crippen LogP contribution in [-0.4, -0.2) is 50.8 Å². The van der Waals surface area contributed by atoms with Crippen LogP contribution < -0.4 is 5.32 Å². The summed E-state index contributed by atoms with van der Waals surface area (Å²) < 4.78 is 0.934. The Morgan fingerprint density at radius 3 is 2.86 bits per heavy atom. The number of hydrogen-bond donors (Lipinski definition) is 3. The molecule has 1 aromatic heterocycles. The molecule has 3 rings (SSSR count). The second-order valence-corrected chi connectivity index (χ2v) is 5.84. The van der Waals surface area contributed by atoms with Crippen LogP contribution in [0.15, 0.2) is 24.3 Å². The van der Waals surface area contributed by atoms with Crippen LogP contribution in [-0.2, 0) is 4.79 Å². The number of anilines is 1. The summed E-state index contributed by atoms with van der Waals surface area (Å²) >= 11 is 1.32. The minimum atomic E-state index is -1.12. The Kier molecular flexibility index (Phi) is 3.48. The molecule has 2 heterocycles. The molecular formula is C13H13N3O4S. The standard InChI is InChI=1S/C13H13N3O4S/c17-7-5-9(11(18)19)16(6-7)13(20)15-12-14-8-3-1-2-4-10(8)21-12/h1-4,7,9,17H,5-6H2,(H,18,19)(H,14,15,20)/t7-,9+/m1/s1. The van der Waals surface area contributed by atoms with Crippen LogP contribution in [0, 0.1) is 0 Å². The van der Waals surface area contributed by atoms with Gasteiger partial charge in [-0.1, -0.05) is 23.5 Å². The highest BCUT2D eigenvalue weighted by Gasteiger charge is 2.39. The van der Waals surface area contributed by atoms with Crippen LogP contribution in [0.3, 0.4) is 0 Å². The van der Waals surface area contributed by atoms with E-state index in [1.165, 1.54) is 11.3 Å². The lowest BCUT2D eigenvalue weighted by molar-refractivity contribution is -0.141. The molecule has 0 radical (unpaired) electrons. The molecule has 2 aromatic rings. The van der Waals surface area contributed by atoms with Crippen LogP contribution in [0.5, 0.6) is 0 Å². The van der Waals surface area contributed by atoms with Gasteiger partial charge in [-0.15, -0.1) is 0 Å². The SMILES string of the molecule is O=C(O)[C@@H]1C[C@@H](O)CN1C(=O)Nc1nc2ccccc2s1. The number of rotatable bonds is 2. The van der Waals surface area contributed by atoms with Crippen LogP contribution in [0.2, 0.25) is 0 Å². The molecule has 2 amide bonds. The Balaban J connectivity index is 1.77. The molecule has 1 aliphatic rings. The third-order valence-corrected chi connectivity index (χ3v) is 4.28. The van der Waals surface area contributed by atoms with Gasteiger partial charge < -0.3 is 15.1 Å². The Bertz CT molecular complexity index is 669. The summed E-state index contributed by atoms with van der Waals surface area (Å²) in [6.45, 7) is 0.00763. The van der Waals surface area contributed by atoms with Gasteiger partial charge in [-0.25, -0.2) is 14.6 Å². The molecule has 1 aliphatic heterocycles. The van der Waals surface area contributed by atoms with Crippen LogP contribution in [0.1, 0.15) is 6.42 Å². The highest BCUT2D eigenvalue weighted by atomic mass is 32.1. The maximum atomic E-state index is 12.2. The zero-order chi connectivity index (χ0) is 15.0. The molecule has 0 unspecified atom stereocenters. The van der Waals surface area contributed by atoms with E-state index in [0.29, 0.717) is 5.13 Å². The predicted octanol–water partition coefficient (Wildman–Crippen LogP) is 1.35. The first kappa shape index (κ1) is 13.8. The maximum absolute atomic E-state index is 12.2. The number of aliphatic hydroxyl groups is 1. The van der Waals surface area contributed by atoms with Crippen molar-refractivity contribution in [2.45, 2.75) is 18.6 Å². The van der Waals surface area contributed by atoms with Gasteiger partial charge >= 0.3 is 12.0 Å². The first-order chi connectivity index (χ1) is 10.0. The lowest BCUT2D eigenvalue weighted by Gasteiger charge is -2.20. The van der Waals surface area contributed by atoms with Crippen LogP contribution in [0.25, 0.3) is 10.2 Å². The van der Waals surface area contributed by atoms with Gasteiger partial charge in [0.15, 0.2) is 5.13 Å². The molecule has 1 aromatic carbocycles. The maximum Gasteiger partial charge on any atom is 0.326 e. The molecule has 110 valence electrons. The number of β-amino-alcohol motifs (C(OH)–C–C–N with tert-alkyl or cyclic N) is 1. The fourth-order valence-electron chi connectivity index (χ4n) is 2.36. The van der Waals surface area contributed by atoms with E-state index in [1.807, 2.05) is 24.3 Å². The van der Waals surface area contributed by atoms with Gasteiger partial charge in [-0.2, -0.15) is 0 Å². The van der Waals surface area contributed by atoms with Gasteiger partial charge in [0.05, 0.1) is 16.3 Å². The summed E-state index contributed by atoms with van der Waals surface area (Å²) in [5, 5.41) is 21.6. The van der Waals surface area contributed by atoms with Gasteiger partial charge in [0, 0.05) is 13.0 Å². The monoisotopic (exact) mass is 307 g/mol. The molecular weight excluding hydrogens is 294 g/mol. The minimum Gasteiger partial charge on any atom is -0.480 e. The van der Waals surface area contributed by atoms with E-state index < -0.39 is 24.1 Å². The summed E-state index contributed by atoms with van der Waals surface area (Å²) in [6, 6.07) is 5.89. The number of urea groups is 1. The zero-order valence-corrected chi connectivity index (χ0v) is 11.7. The average Bonchev–Trinajstić information content (AvgIpc) is 3.01. The number of fused-ring (bicyclic) bond motifs is 1. The number of nitrogens with zero attached hydrogens (tertiary/aromatic N) is 2. The van der Waals surface area contributed by atoms with Crippen LogP contribution in [0.4, 0.5) is 9.93 Å². The summed E-state index contributed by atoms with van der Waals surface area (Å²) in [5.74, 6) is -1.12. The van der Waals surface area contributed by atoms with Gasteiger partial charge in [-0.05, 0) is 12.1 Å². The number of amides is 2. The van der Waals surface area contributed by atoms with Crippen molar-refractivity contribution in [1.29, 1.82) is 0 Å². The number of benzene rings is 1. The first-order valence-electron chi connectivity index (χ1n) is 6.38. The van der Waals surface area contributed by atoms with Crippen molar-refractivity contribution in [3.05, 3.63) is 24.3 Å². The van der Waals surface area contributed by atoms with E-state index in [0.717, 1.165) is 15.1 Å². The van der Waals surface area contributed by atoms with Crippen molar-refractivity contribution >= 4 is 38.7 Å². The molecule has 2 atom stereocenters. The van der Waals surface area contributed by atoms with E-state index in [-0.39, 0.29) is 13.0 Å². The quantitative estimate of drug-likeness (QED) is 0.777. The van der Waals surface area contributed by atoms with Crippen molar-refractivity contribution in [3.8, 4) is 0 Å². The normalized spacial score (nSPS) is 21.7. The van der Waals surface area contributed by atoms with E-state index in [1.54, 1.807) is 0 Å².